The number of rotatable bonds is 3. The standard InChI is InChI=1S/C10H14N2O3/c1-6(11)10(14)12-8-5-7(15-2)3-4-9(8)13/h3-6,13H,11H2,1-2H3,(H,12,14). The maximum atomic E-state index is 11.3. The lowest BCUT2D eigenvalue weighted by Gasteiger charge is -2.10. The molecule has 0 saturated heterocycles. The van der Waals surface area contributed by atoms with Crippen LogP contribution in [0.1, 0.15) is 6.92 Å². The number of hydrogen-bond acceptors (Lipinski definition) is 4. The molecule has 0 aliphatic heterocycles. The van der Waals surface area contributed by atoms with E-state index in [2.05, 4.69) is 5.32 Å². The van der Waals surface area contributed by atoms with E-state index < -0.39 is 6.04 Å². The van der Waals surface area contributed by atoms with Crippen LogP contribution in [0.25, 0.3) is 0 Å². The predicted molar refractivity (Wildman–Crippen MR) is 56.9 cm³/mol. The zero-order valence-electron chi connectivity index (χ0n) is 8.65. The fourth-order valence-corrected chi connectivity index (χ4v) is 0.989. The molecule has 0 spiro atoms. The predicted octanol–water partition coefficient (Wildman–Crippen LogP) is 0.687. The Kier molecular flexibility index (Phi) is 3.51. The molecule has 0 aromatic heterocycles. The highest BCUT2D eigenvalue weighted by atomic mass is 16.5. The molecule has 5 heteroatoms. The van der Waals surface area contributed by atoms with E-state index in [1.807, 2.05) is 0 Å². The number of hydrogen-bond donors (Lipinski definition) is 3. The fourth-order valence-electron chi connectivity index (χ4n) is 0.989. The molecule has 82 valence electrons. The van der Waals surface area contributed by atoms with Crippen molar-refractivity contribution in [2.24, 2.45) is 5.73 Å². The zero-order valence-corrected chi connectivity index (χ0v) is 8.65. The topological polar surface area (TPSA) is 84.6 Å². The first kappa shape index (κ1) is 11.3. The van der Waals surface area contributed by atoms with Crippen LogP contribution in [0.15, 0.2) is 18.2 Å². The van der Waals surface area contributed by atoms with Gasteiger partial charge in [0.25, 0.3) is 0 Å². The molecule has 1 aromatic rings. The summed E-state index contributed by atoms with van der Waals surface area (Å²) in [6.07, 6.45) is 0. The molecule has 0 aliphatic carbocycles. The normalized spacial score (nSPS) is 11.9. The minimum absolute atomic E-state index is 0.0233. The molecule has 1 amide bonds. The highest BCUT2D eigenvalue weighted by Crippen LogP contribution is 2.27. The van der Waals surface area contributed by atoms with Gasteiger partial charge in [-0.25, -0.2) is 0 Å². The van der Waals surface area contributed by atoms with Crippen LogP contribution < -0.4 is 15.8 Å². The minimum atomic E-state index is -0.629. The van der Waals surface area contributed by atoms with Crippen molar-refractivity contribution < 1.29 is 14.6 Å². The highest BCUT2D eigenvalue weighted by Gasteiger charge is 2.10. The quantitative estimate of drug-likeness (QED) is 0.641. The van der Waals surface area contributed by atoms with Crippen LogP contribution in [0.5, 0.6) is 11.5 Å². The summed E-state index contributed by atoms with van der Waals surface area (Å²) in [6, 6.07) is 3.93. The van der Waals surface area contributed by atoms with E-state index >= 15 is 0 Å². The summed E-state index contributed by atoms with van der Waals surface area (Å²) in [4.78, 5) is 11.3. The summed E-state index contributed by atoms with van der Waals surface area (Å²) in [5.41, 5.74) is 5.67. The third-order valence-corrected chi connectivity index (χ3v) is 1.88. The van der Waals surface area contributed by atoms with Crippen molar-refractivity contribution in [3.63, 3.8) is 0 Å². The van der Waals surface area contributed by atoms with Gasteiger partial charge in [-0.3, -0.25) is 4.79 Å². The number of carbonyl (C=O) groups excluding carboxylic acids is 1. The van der Waals surface area contributed by atoms with Crippen molar-refractivity contribution >= 4 is 11.6 Å². The average Bonchev–Trinajstić information content (AvgIpc) is 2.21. The van der Waals surface area contributed by atoms with Crippen LogP contribution in [0.3, 0.4) is 0 Å². The number of nitrogens with one attached hydrogen (secondary N) is 1. The molecule has 4 N–H and O–H groups in total. The van der Waals surface area contributed by atoms with Crippen molar-refractivity contribution in [2.45, 2.75) is 13.0 Å². The van der Waals surface area contributed by atoms with E-state index in [0.29, 0.717) is 5.75 Å². The Labute approximate surface area is 87.9 Å². The van der Waals surface area contributed by atoms with Crippen LogP contribution in [0.2, 0.25) is 0 Å². The van der Waals surface area contributed by atoms with Crippen LogP contribution in [0, 0.1) is 0 Å². The maximum absolute atomic E-state index is 11.3. The maximum Gasteiger partial charge on any atom is 0.241 e. The Bertz CT molecular complexity index is 364. The summed E-state index contributed by atoms with van der Waals surface area (Å²) >= 11 is 0. The molecule has 0 fully saturated rings. The number of aromatic hydroxyl groups is 1. The SMILES string of the molecule is COc1ccc(O)c(NC(=O)C(C)N)c1. The molecular formula is C10H14N2O3. The van der Waals surface area contributed by atoms with E-state index in [4.69, 9.17) is 10.5 Å². The van der Waals surface area contributed by atoms with E-state index in [1.54, 1.807) is 13.0 Å². The van der Waals surface area contributed by atoms with Gasteiger partial charge in [0.2, 0.25) is 5.91 Å². The van der Waals surface area contributed by atoms with Crippen molar-refractivity contribution in [3.05, 3.63) is 18.2 Å². The zero-order chi connectivity index (χ0) is 11.4. The number of phenolic OH excluding ortho intramolecular Hbond substituents is 1. The lowest BCUT2D eigenvalue weighted by Crippen LogP contribution is -2.32. The lowest BCUT2D eigenvalue weighted by atomic mass is 10.2. The first-order valence-corrected chi connectivity index (χ1v) is 4.48. The number of ether oxygens (including phenoxy) is 1. The summed E-state index contributed by atoms with van der Waals surface area (Å²) in [5.74, 6) is 0.163. The Morgan fingerprint density at radius 1 is 1.60 bits per heavy atom. The fraction of sp³-hybridized carbons (Fsp3) is 0.300. The minimum Gasteiger partial charge on any atom is -0.506 e. The van der Waals surface area contributed by atoms with Crippen LogP contribution >= 0.6 is 0 Å². The smallest absolute Gasteiger partial charge is 0.241 e. The Hall–Kier alpha value is -1.75. The van der Waals surface area contributed by atoms with E-state index in [1.165, 1.54) is 19.2 Å². The Morgan fingerprint density at radius 3 is 2.80 bits per heavy atom. The third kappa shape index (κ3) is 2.85. The highest BCUT2D eigenvalue weighted by molar-refractivity contribution is 5.95. The molecule has 5 nitrogen and oxygen atoms in total. The third-order valence-electron chi connectivity index (χ3n) is 1.88. The van der Waals surface area contributed by atoms with Gasteiger partial charge >= 0.3 is 0 Å². The first-order chi connectivity index (χ1) is 7.04. The molecule has 0 saturated carbocycles. The molecule has 0 radical (unpaired) electrons. The van der Waals surface area contributed by atoms with Crippen molar-refractivity contribution in [1.29, 1.82) is 0 Å². The van der Waals surface area contributed by atoms with E-state index in [9.17, 15) is 9.90 Å². The van der Waals surface area contributed by atoms with Crippen LogP contribution in [0.4, 0.5) is 5.69 Å². The van der Waals surface area contributed by atoms with Gasteiger partial charge in [-0.2, -0.15) is 0 Å². The number of amides is 1. The van der Waals surface area contributed by atoms with E-state index in [0.717, 1.165) is 0 Å². The Balaban J connectivity index is 2.88. The van der Waals surface area contributed by atoms with Crippen molar-refractivity contribution in [3.8, 4) is 11.5 Å². The number of phenols is 1. The summed E-state index contributed by atoms with van der Waals surface area (Å²) in [6.45, 7) is 1.56. The van der Waals surface area contributed by atoms with Gasteiger partial charge in [0, 0.05) is 6.07 Å². The second kappa shape index (κ2) is 4.65. The van der Waals surface area contributed by atoms with Crippen LogP contribution in [-0.4, -0.2) is 24.2 Å². The molecule has 0 heterocycles. The molecule has 15 heavy (non-hydrogen) atoms. The molecule has 0 aliphatic rings. The molecule has 1 unspecified atom stereocenters. The summed E-state index contributed by atoms with van der Waals surface area (Å²) in [7, 11) is 1.50. The molecule has 1 aromatic carbocycles. The number of methoxy groups -OCH3 is 1. The number of anilines is 1. The molecule has 1 rings (SSSR count). The first-order valence-electron chi connectivity index (χ1n) is 4.48. The van der Waals surface area contributed by atoms with E-state index in [-0.39, 0.29) is 17.3 Å². The largest absolute Gasteiger partial charge is 0.506 e. The monoisotopic (exact) mass is 210 g/mol. The van der Waals surface area contributed by atoms with Gasteiger partial charge in [0.15, 0.2) is 0 Å². The average molecular weight is 210 g/mol. The number of benzene rings is 1. The summed E-state index contributed by atoms with van der Waals surface area (Å²) < 4.78 is 4.96. The van der Waals surface area contributed by atoms with Crippen molar-refractivity contribution in [1.82, 2.24) is 0 Å². The lowest BCUT2D eigenvalue weighted by molar-refractivity contribution is -0.117. The van der Waals surface area contributed by atoms with Gasteiger partial charge in [0.05, 0.1) is 18.8 Å². The van der Waals surface area contributed by atoms with Crippen molar-refractivity contribution in [2.75, 3.05) is 12.4 Å². The number of carbonyl (C=O) groups is 1. The summed E-state index contributed by atoms with van der Waals surface area (Å²) in [5, 5.41) is 11.9. The molecule has 0 bridgehead atoms. The number of nitrogens with two attached hydrogens (primary N) is 1. The van der Waals surface area contributed by atoms with Gasteiger partial charge in [0.1, 0.15) is 11.5 Å². The molecule has 1 atom stereocenters. The second-order valence-corrected chi connectivity index (χ2v) is 3.16. The van der Waals surface area contributed by atoms with Gasteiger partial charge in [-0.05, 0) is 19.1 Å². The van der Waals surface area contributed by atoms with Gasteiger partial charge < -0.3 is 20.9 Å². The van der Waals surface area contributed by atoms with Gasteiger partial charge in [-0.1, -0.05) is 0 Å². The Morgan fingerprint density at radius 2 is 2.27 bits per heavy atom. The van der Waals surface area contributed by atoms with Gasteiger partial charge in [-0.15, -0.1) is 0 Å². The second-order valence-electron chi connectivity index (χ2n) is 3.16. The molecular weight excluding hydrogens is 196 g/mol. The van der Waals surface area contributed by atoms with Crippen LogP contribution in [-0.2, 0) is 4.79 Å².